The first kappa shape index (κ1) is 14.1. The summed E-state index contributed by atoms with van der Waals surface area (Å²) in [6.45, 7) is 6.65. The summed E-state index contributed by atoms with van der Waals surface area (Å²) in [5.74, 6) is 3.23. The lowest BCUT2D eigenvalue weighted by atomic mass is 10.2. The van der Waals surface area contributed by atoms with Crippen molar-refractivity contribution in [3.8, 4) is 17.4 Å². The molecule has 5 nitrogen and oxygen atoms in total. The van der Waals surface area contributed by atoms with Crippen LogP contribution < -0.4 is 14.8 Å². The molecule has 1 aromatic carbocycles. The highest BCUT2D eigenvalue weighted by molar-refractivity contribution is 5.46. The third kappa shape index (κ3) is 3.38. The molecule has 1 heterocycles. The average Bonchev–Trinajstić information content (AvgIpc) is 2.40. The summed E-state index contributed by atoms with van der Waals surface area (Å²) in [5, 5.41) is 3.15. The van der Waals surface area contributed by atoms with Crippen molar-refractivity contribution in [3.63, 3.8) is 0 Å². The highest BCUT2D eigenvalue weighted by Gasteiger charge is 2.08. The zero-order valence-electron chi connectivity index (χ0n) is 12.2. The number of hydrogen-bond acceptors (Lipinski definition) is 5. The fourth-order valence-corrected chi connectivity index (χ4v) is 1.84. The molecule has 0 saturated carbocycles. The van der Waals surface area contributed by atoms with E-state index in [9.17, 15) is 0 Å². The first-order valence-electron chi connectivity index (χ1n) is 6.54. The second kappa shape index (κ2) is 6.23. The largest absolute Gasteiger partial charge is 0.493 e. The quantitative estimate of drug-likeness (QED) is 0.905. The minimum Gasteiger partial charge on any atom is -0.493 e. The van der Waals surface area contributed by atoms with Gasteiger partial charge in [-0.25, -0.2) is 4.98 Å². The van der Waals surface area contributed by atoms with E-state index in [2.05, 4.69) is 15.3 Å². The summed E-state index contributed by atoms with van der Waals surface area (Å²) in [4.78, 5) is 8.57. The fourth-order valence-electron chi connectivity index (χ4n) is 1.84. The Morgan fingerprint density at radius 2 is 1.90 bits per heavy atom. The molecule has 0 bridgehead atoms. The molecule has 0 radical (unpaired) electrons. The molecule has 20 heavy (non-hydrogen) atoms. The predicted molar refractivity (Wildman–Crippen MR) is 78.7 cm³/mol. The van der Waals surface area contributed by atoms with Crippen molar-refractivity contribution in [2.24, 2.45) is 0 Å². The standard InChI is InChI=1S/C15H19N3O2/c1-5-16-14-9-15(18-11(3)17-14)20-12-7-6-10(2)8-13(12)19-4/h6-9H,5H2,1-4H3,(H,16,17,18). The Bertz CT molecular complexity index is 600. The highest BCUT2D eigenvalue weighted by atomic mass is 16.5. The minimum atomic E-state index is 0.496. The molecule has 5 heteroatoms. The van der Waals surface area contributed by atoms with E-state index >= 15 is 0 Å². The lowest BCUT2D eigenvalue weighted by Gasteiger charge is -2.11. The van der Waals surface area contributed by atoms with Crippen LogP contribution >= 0.6 is 0 Å². The van der Waals surface area contributed by atoms with Crippen LogP contribution in [-0.2, 0) is 0 Å². The third-order valence-electron chi connectivity index (χ3n) is 2.71. The molecule has 0 amide bonds. The van der Waals surface area contributed by atoms with Crippen LogP contribution in [0, 0.1) is 13.8 Å². The van der Waals surface area contributed by atoms with Gasteiger partial charge in [-0.05, 0) is 38.5 Å². The minimum absolute atomic E-state index is 0.496. The molecule has 0 atom stereocenters. The van der Waals surface area contributed by atoms with Gasteiger partial charge < -0.3 is 14.8 Å². The summed E-state index contributed by atoms with van der Waals surface area (Å²) in [7, 11) is 1.62. The second-order valence-electron chi connectivity index (χ2n) is 4.43. The maximum absolute atomic E-state index is 5.81. The van der Waals surface area contributed by atoms with E-state index in [1.54, 1.807) is 13.2 Å². The highest BCUT2D eigenvalue weighted by Crippen LogP contribution is 2.31. The number of benzene rings is 1. The molecule has 0 fully saturated rings. The summed E-state index contributed by atoms with van der Waals surface area (Å²) in [6, 6.07) is 7.54. The zero-order chi connectivity index (χ0) is 14.5. The van der Waals surface area contributed by atoms with Crippen molar-refractivity contribution in [1.82, 2.24) is 9.97 Å². The molecule has 0 aliphatic rings. The SMILES string of the molecule is CCNc1cc(Oc2ccc(C)cc2OC)nc(C)n1. The number of hydrogen-bond donors (Lipinski definition) is 1. The van der Waals surface area contributed by atoms with Gasteiger partial charge in [-0.1, -0.05) is 6.07 Å². The normalized spacial score (nSPS) is 10.2. The predicted octanol–water partition coefficient (Wildman–Crippen LogP) is 3.33. The maximum Gasteiger partial charge on any atom is 0.224 e. The topological polar surface area (TPSA) is 56.3 Å². The summed E-state index contributed by atoms with van der Waals surface area (Å²) in [6.07, 6.45) is 0. The van der Waals surface area contributed by atoms with Gasteiger partial charge in [0.1, 0.15) is 11.6 Å². The first-order valence-corrected chi connectivity index (χ1v) is 6.54. The Morgan fingerprint density at radius 1 is 1.10 bits per heavy atom. The van der Waals surface area contributed by atoms with Crippen molar-refractivity contribution in [1.29, 1.82) is 0 Å². The van der Waals surface area contributed by atoms with Crippen LogP contribution in [0.1, 0.15) is 18.3 Å². The number of rotatable bonds is 5. The average molecular weight is 273 g/mol. The van der Waals surface area contributed by atoms with Crippen LogP contribution in [0.25, 0.3) is 0 Å². The van der Waals surface area contributed by atoms with Crippen LogP contribution in [0.3, 0.4) is 0 Å². The molecule has 0 spiro atoms. The van der Waals surface area contributed by atoms with E-state index in [0.29, 0.717) is 23.2 Å². The Labute approximate surface area is 119 Å². The van der Waals surface area contributed by atoms with Crippen molar-refractivity contribution in [2.75, 3.05) is 19.0 Å². The summed E-state index contributed by atoms with van der Waals surface area (Å²) < 4.78 is 11.1. The van der Waals surface area contributed by atoms with Crippen molar-refractivity contribution < 1.29 is 9.47 Å². The molecule has 1 N–H and O–H groups in total. The van der Waals surface area contributed by atoms with Gasteiger partial charge in [-0.15, -0.1) is 0 Å². The van der Waals surface area contributed by atoms with Crippen molar-refractivity contribution in [3.05, 3.63) is 35.7 Å². The van der Waals surface area contributed by atoms with E-state index in [1.165, 1.54) is 0 Å². The van der Waals surface area contributed by atoms with Gasteiger partial charge in [-0.2, -0.15) is 4.98 Å². The lowest BCUT2D eigenvalue weighted by molar-refractivity contribution is 0.373. The smallest absolute Gasteiger partial charge is 0.224 e. The van der Waals surface area contributed by atoms with Gasteiger partial charge in [0.15, 0.2) is 11.5 Å². The molecule has 0 unspecified atom stereocenters. The van der Waals surface area contributed by atoms with Crippen molar-refractivity contribution >= 4 is 5.82 Å². The molecule has 0 saturated heterocycles. The number of aryl methyl sites for hydroxylation is 2. The van der Waals surface area contributed by atoms with E-state index in [1.807, 2.05) is 39.0 Å². The van der Waals surface area contributed by atoms with Crippen LogP contribution in [0.2, 0.25) is 0 Å². The Hall–Kier alpha value is -2.30. The molecule has 106 valence electrons. The van der Waals surface area contributed by atoms with E-state index in [4.69, 9.17) is 9.47 Å². The summed E-state index contributed by atoms with van der Waals surface area (Å²) >= 11 is 0. The van der Waals surface area contributed by atoms with Gasteiger partial charge in [0, 0.05) is 12.6 Å². The molecule has 2 aromatic rings. The van der Waals surface area contributed by atoms with Gasteiger partial charge in [0.25, 0.3) is 0 Å². The number of aromatic nitrogens is 2. The molecule has 2 rings (SSSR count). The third-order valence-corrected chi connectivity index (χ3v) is 2.71. The second-order valence-corrected chi connectivity index (χ2v) is 4.43. The van der Waals surface area contributed by atoms with Crippen LogP contribution in [0.5, 0.6) is 17.4 Å². The number of methoxy groups -OCH3 is 1. The van der Waals surface area contributed by atoms with E-state index in [0.717, 1.165) is 17.9 Å². The number of nitrogens with one attached hydrogen (secondary N) is 1. The van der Waals surface area contributed by atoms with Gasteiger partial charge >= 0.3 is 0 Å². The molecule has 1 aromatic heterocycles. The molecular weight excluding hydrogens is 254 g/mol. The molecule has 0 aliphatic carbocycles. The Morgan fingerprint density at radius 3 is 2.60 bits per heavy atom. The first-order chi connectivity index (χ1) is 9.62. The summed E-state index contributed by atoms with van der Waals surface area (Å²) in [5.41, 5.74) is 1.11. The zero-order valence-corrected chi connectivity index (χ0v) is 12.2. The number of anilines is 1. The fraction of sp³-hybridized carbons (Fsp3) is 0.333. The van der Waals surface area contributed by atoms with Gasteiger partial charge in [0.05, 0.1) is 7.11 Å². The van der Waals surface area contributed by atoms with Crippen LogP contribution in [-0.4, -0.2) is 23.6 Å². The molecule has 0 aliphatic heterocycles. The van der Waals surface area contributed by atoms with Gasteiger partial charge in [0.2, 0.25) is 5.88 Å². The lowest BCUT2D eigenvalue weighted by Crippen LogP contribution is -2.02. The number of nitrogens with zero attached hydrogens (tertiary/aromatic N) is 2. The molecular formula is C15H19N3O2. The van der Waals surface area contributed by atoms with Crippen LogP contribution in [0.4, 0.5) is 5.82 Å². The van der Waals surface area contributed by atoms with Gasteiger partial charge in [-0.3, -0.25) is 0 Å². The van der Waals surface area contributed by atoms with Crippen LogP contribution in [0.15, 0.2) is 24.3 Å². The van der Waals surface area contributed by atoms with E-state index in [-0.39, 0.29) is 0 Å². The number of ether oxygens (including phenoxy) is 2. The maximum atomic E-state index is 5.81. The monoisotopic (exact) mass is 273 g/mol. The van der Waals surface area contributed by atoms with Crippen molar-refractivity contribution in [2.45, 2.75) is 20.8 Å². The Kier molecular flexibility index (Phi) is 4.40. The van der Waals surface area contributed by atoms with E-state index < -0.39 is 0 Å². The Balaban J connectivity index is 2.29.